The molecule has 1 unspecified atom stereocenters. The zero-order valence-electron chi connectivity index (χ0n) is 15.4. The Balaban J connectivity index is 1.59. The molecule has 0 aromatic carbocycles. The first kappa shape index (κ1) is 17.3. The number of pyridine rings is 1. The maximum absolute atomic E-state index is 6.09. The van der Waals surface area contributed by atoms with Crippen LogP contribution in [0.5, 0.6) is 0 Å². The molecule has 2 aliphatic heterocycles. The van der Waals surface area contributed by atoms with E-state index in [0.717, 1.165) is 54.8 Å². The van der Waals surface area contributed by atoms with Crippen LogP contribution in [0.15, 0.2) is 24.4 Å². The Labute approximate surface area is 153 Å². The van der Waals surface area contributed by atoms with Crippen molar-refractivity contribution in [3.8, 4) is 11.3 Å². The number of hydrogen-bond acceptors (Lipinski definition) is 7. The molecular weight excluding hydrogens is 330 g/mol. The number of hydrogen-bond donors (Lipinski definition) is 1. The van der Waals surface area contributed by atoms with E-state index in [9.17, 15) is 0 Å². The van der Waals surface area contributed by atoms with Crippen molar-refractivity contribution in [3.63, 3.8) is 0 Å². The van der Waals surface area contributed by atoms with E-state index in [1.54, 1.807) is 0 Å². The molecular formula is C19H25N5O2. The third kappa shape index (κ3) is 3.56. The van der Waals surface area contributed by atoms with Gasteiger partial charge in [-0.25, -0.2) is 9.97 Å². The second-order valence-electron chi connectivity index (χ2n) is 7.01. The summed E-state index contributed by atoms with van der Waals surface area (Å²) in [4.78, 5) is 16.1. The number of anilines is 1. The van der Waals surface area contributed by atoms with Crippen molar-refractivity contribution in [1.82, 2.24) is 20.3 Å². The molecule has 1 N–H and O–H groups in total. The second-order valence-corrected chi connectivity index (χ2v) is 7.01. The van der Waals surface area contributed by atoms with E-state index >= 15 is 0 Å². The lowest BCUT2D eigenvalue weighted by molar-refractivity contribution is -0.0915. The number of morpholine rings is 1. The summed E-state index contributed by atoms with van der Waals surface area (Å²) in [6.45, 7) is 9.10. The van der Waals surface area contributed by atoms with E-state index in [-0.39, 0.29) is 5.60 Å². The molecule has 4 rings (SSSR count). The Kier molecular flexibility index (Phi) is 4.84. The first-order valence-corrected chi connectivity index (χ1v) is 9.10. The minimum atomic E-state index is -0.338. The van der Waals surface area contributed by atoms with Crippen molar-refractivity contribution in [2.75, 3.05) is 50.9 Å². The van der Waals surface area contributed by atoms with Gasteiger partial charge in [0, 0.05) is 42.8 Å². The zero-order chi connectivity index (χ0) is 18.0. The van der Waals surface area contributed by atoms with E-state index in [1.807, 2.05) is 32.2 Å². The van der Waals surface area contributed by atoms with Crippen molar-refractivity contribution in [2.45, 2.75) is 19.4 Å². The minimum absolute atomic E-state index is 0.338. The smallest absolute Gasteiger partial charge is 0.226 e. The summed E-state index contributed by atoms with van der Waals surface area (Å²) in [5, 5.41) is 3.40. The van der Waals surface area contributed by atoms with Crippen LogP contribution >= 0.6 is 0 Å². The zero-order valence-corrected chi connectivity index (χ0v) is 15.4. The van der Waals surface area contributed by atoms with Crippen molar-refractivity contribution in [1.29, 1.82) is 0 Å². The molecule has 2 aromatic heterocycles. The van der Waals surface area contributed by atoms with Crippen LogP contribution in [-0.2, 0) is 9.47 Å². The molecule has 2 fully saturated rings. The quantitative estimate of drug-likeness (QED) is 0.872. The van der Waals surface area contributed by atoms with E-state index < -0.39 is 0 Å². The largest absolute Gasteiger partial charge is 0.377 e. The third-order valence-electron chi connectivity index (χ3n) is 4.91. The molecule has 4 heterocycles. The number of rotatable bonds is 2. The standard InChI is InChI=1S/C19H25N5O2/c1-14-3-4-16(15(2)22-14)17-5-6-21-18(23-17)24-8-10-26-19(12-24)11-20-7-9-25-13-19/h3-6,20H,7-13H2,1-2H3. The summed E-state index contributed by atoms with van der Waals surface area (Å²) >= 11 is 0. The third-order valence-corrected chi connectivity index (χ3v) is 4.91. The Morgan fingerprint density at radius 2 is 2.08 bits per heavy atom. The SMILES string of the molecule is Cc1ccc(-c2ccnc(N3CCOC4(CNCCOC4)C3)n2)c(C)n1. The Bertz CT molecular complexity index is 774. The highest BCUT2D eigenvalue weighted by molar-refractivity contribution is 5.62. The predicted molar refractivity (Wildman–Crippen MR) is 99.3 cm³/mol. The van der Waals surface area contributed by atoms with Gasteiger partial charge in [0.05, 0.1) is 32.1 Å². The number of nitrogens with zero attached hydrogens (tertiary/aromatic N) is 4. The van der Waals surface area contributed by atoms with Crippen LogP contribution in [0.4, 0.5) is 5.95 Å². The summed E-state index contributed by atoms with van der Waals surface area (Å²) < 4.78 is 11.8. The van der Waals surface area contributed by atoms with Gasteiger partial charge in [0.2, 0.25) is 5.95 Å². The highest BCUT2D eigenvalue weighted by Gasteiger charge is 2.38. The first-order valence-electron chi connectivity index (χ1n) is 9.10. The van der Waals surface area contributed by atoms with Gasteiger partial charge in [-0.05, 0) is 32.0 Å². The van der Waals surface area contributed by atoms with Crippen molar-refractivity contribution >= 4 is 5.95 Å². The van der Waals surface area contributed by atoms with Gasteiger partial charge < -0.3 is 19.7 Å². The van der Waals surface area contributed by atoms with E-state index in [1.165, 1.54) is 0 Å². The van der Waals surface area contributed by atoms with Gasteiger partial charge in [-0.15, -0.1) is 0 Å². The second kappa shape index (κ2) is 7.26. The number of nitrogens with one attached hydrogen (secondary N) is 1. The first-order chi connectivity index (χ1) is 12.7. The number of ether oxygens (including phenoxy) is 2. The Hall–Kier alpha value is -2.09. The van der Waals surface area contributed by atoms with Crippen molar-refractivity contribution in [2.24, 2.45) is 0 Å². The Morgan fingerprint density at radius 3 is 2.96 bits per heavy atom. The van der Waals surface area contributed by atoms with Crippen LogP contribution in [0.1, 0.15) is 11.4 Å². The average Bonchev–Trinajstić information content (AvgIpc) is 2.87. The van der Waals surface area contributed by atoms with Gasteiger partial charge >= 0.3 is 0 Å². The van der Waals surface area contributed by atoms with Crippen LogP contribution in [0.3, 0.4) is 0 Å². The number of aryl methyl sites for hydroxylation is 2. The van der Waals surface area contributed by atoms with Gasteiger partial charge in [-0.3, -0.25) is 4.98 Å². The maximum Gasteiger partial charge on any atom is 0.226 e. The fourth-order valence-electron chi connectivity index (χ4n) is 3.59. The topological polar surface area (TPSA) is 72.4 Å². The molecule has 0 aliphatic carbocycles. The summed E-state index contributed by atoms with van der Waals surface area (Å²) in [5.41, 5.74) is 3.60. The van der Waals surface area contributed by atoms with Gasteiger partial charge in [0.1, 0.15) is 5.60 Å². The molecule has 0 bridgehead atoms. The predicted octanol–water partition coefficient (Wildman–Crippen LogP) is 1.35. The fraction of sp³-hybridized carbons (Fsp3) is 0.526. The highest BCUT2D eigenvalue weighted by Crippen LogP contribution is 2.25. The summed E-state index contributed by atoms with van der Waals surface area (Å²) in [5.74, 6) is 0.731. The fourth-order valence-corrected chi connectivity index (χ4v) is 3.59. The van der Waals surface area contributed by atoms with Crippen LogP contribution in [0.2, 0.25) is 0 Å². The van der Waals surface area contributed by atoms with Gasteiger partial charge in [-0.2, -0.15) is 0 Å². The molecule has 2 aromatic rings. The molecule has 1 spiro atoms. The number of aromatic nitrogens is 3. The van der Waals surface area contributed by atoms with Crippen molar-refractivity contribution < 1.29 is 9.47 Å². The van der Waals surface area contributed by atoms with Crippen LogP contribution in [0.25, 0.3) is 11.3 Å². The van der Waals surface area contributed by atoms with Gasteiger partial charge in [0.15, 0.2) is 0 Å². The lowest BCUT2D eigenvalue weighted by Gasteiger charge is -2.41. The van der Waals surface area contributed by atoms with E-state index in [4.69, 9.17) is 14.5 Å². The normalized spacial score (nSPS) is 23.8. The highest BCUT2D eigenvalue weighted by atomic mass is 16.5. The van der Waals surface area contributed by atoms with Gasteiger partial charge in [-0.1, -0.05) is 0 Å². The van der Waals surface area contributed by atoms with E-state index in [0.29, 0.717) is 19.8 Å². The molecule has 0 radical (unpaired) electrons. The average molecular weight is 355 g/mol. The summed E-state index contributed by atoms with van der Waals surface area (Å²) in [6.07, 6.45) is 1.82. The Morgan fingerprint density at radius 1 is 1.15 bits per heavy atom. The van der Waals surface area contributed by atoms with Gasteiger partial charge in [0.25, 0.3) is 0 Å². The lowest BCUT2D eigenvalue weighted by atomic mass is 10.0. The molecule has 138 valence electrons. The summed E-state index contributed by atoms with van der Waals surface area (Å²) in [6, 6.07) is 6.03. The van der Waals surface area contributed by atoms with Crippen LogP contribution in [0, 0.1) is 13.8 Å². The lowest BCUT2D eigenvalue weighted by Crippen LogP contribution is -2.58. The van der Waals surface area contributed by atoms with E-state index in [2.05, 4.69) is 26.3 Å². The molecule has 2 saturated heterocycles. The monoisotopic (exact) mass is 355 g/mol. The molecule has 2 aliphatic rings. The van der Waals surface area contributed by atoms with Crippen LogP contribution in [-0.4, -0.2) is 66.6 Å². The van der Waals surface area contributed by atoms with Crippen molar-refractivity contribution in [3.05, 3.63) is 35.8 Å². The maximum atomic E-state index is 6.09. The molecule has 1 atom stereocenters. The minimum Gasteiger partial charge on any atom is -0.377 e. The molecule has 7 nitrogen and oxygen atoms in total. The molecule has 26 heavy (non-hydrogen) atoms. The van der Waals surface area contributed by atoms with Crippen LogP contribution < -0.4 is 10.2 Å². The summed E-state index contributed by atoms with van der Waals surface area (Å²) in [7, 11) is 0. The molecule has 0 amide bonds. The molecule has 7 heteroatoms. The molecule has 0 saturated carbocycles.